The number of hydrogen-bond acceptors (Lipinski definition) is 4. The number of para-hydroxylation sites is 1. The van der Waals surface area contributed by atoms with Crippen LogP contribution in [-0.2, 0) is 25.5 Å². The van der Waals surface area contributed by atoms with Crippen molar-refractivity contribution in [3.63, 3.8) is 0 Å². The van der Waals surface area contributed by atoms with E-state index in [9.17, 15) is 14.4 Å². The predicted octanol–water partition coefficient (Wildman–Crippen LogP) is 1.81. The minimum atomic E-state index is -0.833. The molecule has 6 nitrogen and oxygen atoms in total. The lowest BCUT2D eigenvalue weighted by atomic mass is 10.1. The number of nitrogens with zero attached hydrogens (tertiary/aromatic N) is 1. The van der Waals surface area contributed by atoms with Crippen LogP contribution in [0.3, 0.4) is 0 Å². The Balaban J connectivity index is 1.61. The highest BCUT2D eigenvalue weighted by Gasteiger charge is 2.38. The molecule has 1 saturated carbocycles. The molecule has 0 unspecified atom stereocenters. The molecule has 25 heavy (non-hydrogen) atoms. The highest BCUT2D eigenvalue weighted by molar-refractivity contribution is 6.00. The second-order valence-electron chi connectivity index (χ2n) is 6.75. The molecule has 1 aromatic rings. The van der Waals surface area contributed by atoms with E-state index >= 15 is 0 Å². The van der Waals surface area contributed by atoms with Gasteiger partial charge in [0.25, 0.3) is 5.91 Å². The fourth-order valence-electron chi connectivity index (χ4n) is 3.04. The highest BCUT2D eigenvalue weighted by Crippen LogP contribution is 2.29. The third-order valence-corrected chi connectivity index (χ3v) is 4.71. The quantitative estimate of drug-likeness (QED) is 0.799. The maximum Gasteiger partial charge on any atom is 0.312 e. The van der Waals surface area contributed by atoms with Gasteiger partial charge in [0.1, 0.15) is 0 Å². The molecule has 0 aromatic heterocycles. The summed E-state index contributed by atoms with van der Waals surface area (Å²) in [5.74, 6) is -1.37. The van der Waals surface area contributed by atoms with Gasteiger partial charge in [-0.25, -0.2) is 0 Å². The second-order valence-corrected chi connectivity index (χ2v) is 6.75. The van der Waals surface area contributed by atoms with Crippen LogP contribution in [0.25, 0.3) is 0 Å². The minimum Gasteiger partial charge on any atom is -0.452 e. The molecule has 0 bridgehead atoms. The van der Waals surface area contributed by atoms with Gasteiger partial charge in [-0.1, -0.05) is 25.1 Å². The molecule has 1 aliphatic carbocycles. The maximum absolute atomic E-state index is 12.4. The van der Waals surface area contributed by atoms with Gasteiger partial charge in [-0.3, -0.25) is 14.4 Å². The first-order valence-corrected chi connectivity index (χ1v) is 8.88. The van der Waals surface area contributed by atoms with Crippen molar-refractivity contribution >= 4 is 23.5 Å². The van der Waals surface area contributed by atoms with E-state index in [0.29, 0.717) is 6.54 Å². The molecular weight excluding hydrogens is 320 g/mol. The summed E-state index contributed by atoms with van der Waals surface area (Å²) >= 11 is 0. The lowest BCUT2D eigenvalue weighted by Crippen LogP contribution is -2.38. The molecule has 2 aliphatic rings. The Morgan fingerprint density at radius 3 is 2.72 bits per heavy atom. The fourth-order valence-corrected chi connectivity index (χ4v) is 3.04. The first kappa shape index (κ1) is 17.5. The summed E-state index contributed by atoms with van der Waals surface area (Å²) < 4.78 is 5.28. The normalized spacial score (nSPS) is 21.1. The maximum atomic E-state index is 12.4. The van der Waals surface area contributed by atoms with Crippen molar-refractivity contribution in [1.29, 1.82) is 0 Å². The Morgan fingerprint density at radius 2 is 2.04 bits per heavy atom. The molecule has 1 heterocycles. The van der Waals surface area contributed by atoms with Crippen molar-refractivity contribution in [2.24, 2.45) is 5.92 Å². The largest absolute Gasteiger partial charge is 0.452 e. The van der Waals surface area contributed by atoms with Crippen LogP contribution in [0.15, 0.2) is 24.3 Å². The van der Waals surface area contributed by atoms with Crippen molar-refractivity contribution in [2.75, 3.05) is 11.4 Å². The monoisotopic (exact) mass is 344 g/mol. The number of carbonyl (C=O) groups is 3. The van der Waals surface area contributed by atoms with E-state index in [4.69, 9.17) is 4.74 Å². The smallest absolute Gasteiger partial charge is 0.312 e. The molecule has 3 rings (SSSR count). The number of nitrogens with one attached hydrogen (secondary N) is 1. The summed E-state index contributed by atoms with van der Waals surface area (Å²) in [4.78, 5) is 38.3. The number of benzene rings is 1. The van der Waals surface area contributed by atoms with Crippen molar-refractivity contribution in [1.82, 2.24) is 5.32 Å². The average molecular weight is 344 g/mol. The Bertz CT molecular complexity index is 684. The summed E-state index contributed by atoms with van der Waals surface area (Å²) in [5.41, 5.74) is 1.92. The number of esters is 1. The zero-order valence-electron chi connectivity index (χ0n) is 14.7. The van der Waals surface area contributed by atoms with E-state index in [0.717, 1.165) is 30.5 Å². The van der Waals surface area contributed by atoms with Crippen LogP contribution in [0.2, 0.25) is 0 Å². The first-order chi connectivity index (χ1) is 12.0. The van der Waals surface area contributed by atoms with Crippen LogP contribution in [0, 0.1) is 5.92 Å². The van der Waals surface area contributed by atoms with Crippen molar-refractivity contribution in [3.8, 4) is 0 Å². The van der Waals surface area contributed by atoms with Crippen LogP contribution < -0.4 is 10.2 Å². The number of amides is 2. The summed E-state index contributed by atoms with van der Waals surface area (Å²) in [6.07, 6.45) is 2.06. The predicted molar refractivity (Wildman–Crippen MR) is 93.0 cm³/mol. The molecule has 1 N–H and O–H groups in total. The van der Waals surface area contributed by atoms with Gasteiger partial charge < -0.3 is 15.0 Å². The second kappa shape index (κ2) is 7.25. The van der Waals surface area contributed by atoms with E-state index in [-0.39, 0.29) is 24.3 Å². The molecule has 1 aromatic carbocycles. The van der Waals surface area contributed by atoms with Gasteiger partial charge in [0.15, 0.2) is 6.10 Å². The Labute approximate surface area is 147 Å². The number of anilines is 1. The van der Waals surface area contributed by atoms with E-state index in [1.165, 1.54) is 0 Å². The molecular formula is C19H24N2O4. The van der Waals surface area contributed by atoms with Gasteiger partial charge in [0.2, 0.25) is 5.91 Å². The van der Waals surface area contributed by atoms with Gasteiger partial charge in [-0.2, -0.15) is 0 Å². The van der Waals surface area contributed by atoms with Gasteiger partial charge in [0.05, 0.1) is 5.92 Å². The van der Waals surface area contributed by atoms with E-state index in [1.807, 2.05) is 31.2 Å². The van der Waals surface area contributed by atoms with Gasteiger partial charge in [-0.15, -0.1) is 0 Å². The van der Waals surface area contributed by atoms with Gasteiger partial charge in [0, 0.05) is 24.7 Å². The van der Waals surface area contributed by atoms with E-state index in [1.54, 1.807) is 11.8 Å². The van der Waals surface area contributed by atoms with Crippen LogP contribution >= 0.6 is 0 Å². The van der Waals surface area contributed by atoms with E-state index in [2.05, 4.69) is 5.32 Å². The lowest BCUT2D eigenvalue weighted by molar-refractivity contribution is -0.158. The van der Waals surface area contributed by atoms with Crippen LogP contribution in [0.5, 0.6) is 0 Å². The van der Waals surface area contributed by atoms with Gasteiger partial charge in [-0.05, 0) is 37.8 Å². The van der Waals surface area contributed by atoms with E-state index < -0.39 is 18.0 Å². The molecule has 1 saturated heterocycles. The first-order valence-electron chi connectivity index (χ1n) is 8.88. The van der Waals surface area contributed by atoms with Gasteiger partial charge >= 0.3 is 5.97 Å². The molecule has 2 amide bonds. The average Bonchev–Trinajstić information content (AvgIpc) is 3.33. The Kier molecular flexibility index (Phi) is 5.06. The van der Waals surface area contributed by atoms with Crippen LogP contribution in [0.1, 0.15) is 38.7 Å². The fraction of sp³-hybridized carbons (Fsp3) is 0.526. The molecule has 1 aliphatic heterocycles. The lowest BCUT2D eigenvalue weighted by Gasteiger charge is -2.20. The zero-order valence-corrected chi connectivity index (χ0v) is 14.7. The molecule has 6 heteroatoms. The van der Waals surface area contributed by atoms with Crippen molar-refractivity contribution in [2.45, 2.75) is 51.7 Å². The van der Waals surface area contributed by atoms with Crippen molar-refractivity contribution < 1.29 is 19.1 Å². The van der Waals surface area contributed by atoms with Crippen molar-refractivity contribution in [3.05, 3.63) is 29.8 Å². The topological polar surface area (TPSA) is 75.7 Å². The third kappa shape index (κ3) is 4.00. The zero-order chi connectivity index (χ0) is 18.0. The number of rotatable bonds is 6. The molecule has 0 radical (unpaired) electrons. The molecule has 2 fully saturated rings. The number of ether oxygens (including phenoxy) is 1. The minimum absolute atomic E-state index is 0.0852. The molecule has 0 spiro atoms. The summed E-state index contributed by atoms with van der Waals surface area (Å²) in [7, 11) is 0. The molecule has 134 valence electrons. The van der Waals surface area contributed by atoms with Crippen LogP contribution in [0.4, 0.5) is 5.69 Å². The number of hydrogen-bond donors (Lipinski definition) is 1. The SMILES string of the molecule is CCc1ccccc1N1C[C@H](C(=O)O[C@@H](C)C(=O)NC2CC2)CC1=O. The standard InChI is InChI=1S/C19H24N2O4/c1-3-13-6-4-5-7-16(13)21-11-14(10-17(21)22)19(24)25-12(2)18(23)20-15-8-9-15/h4-7,12,14-15H,3,8-11H2,1-2H3,(H,20,23)/t12-,14+/m0/s1. The Hall–Kier alpha value is -2.37. The Morgan fingerprint density at radius 1 is 1.32 bits per heavy atom. The molecule has 2 atom stereocenters. The summed E-state index contributed by atoms with van der Waals surface area (Å²) in [6, 6.07) is 7.93. The summed E-state index contributed by atoms with van der Waals surface area (Å²) in [5, 5.41) is 2.81. The number of carbonyl (C=O) groups excluding carboxylic acids is 3. The van der Waals surface area contributed by atoms with Crippen LogP contribution in [-0.4, -0.2) is 36.5 Å². The number of aryl methyl sites for hydroxylation is 1. The third-order valence-electron chi connectivity index (χ3n) is 4.71. The highest BCUT2D eigenvalue weighted by atomic mass is 16.5. The summed E-state index contributed by atoms with van der Waals surface area (Å²) in [6.45, 7) is 3.90.